The van der Waals surface area contributed by atoms with Crippen molar-refractivity contribution in [2.45, 2.75) is 44.8 Å². The van der Waals surface area contributed by atoms with Gasteiger partial charge in [-0.3, -0.25) is 9.69 Å². The van der Waals surface area contributed by atoms with E-state index in [1.54, 1.807) is 6.07 Å². The monoisotopic (exact) mass is 386 g/mol. The molecule has 0 N–H and O–H groups in total. The Morgan fingerprint density at radius 3 is 2.93 bits per heavy atom. The zero-order valence-electron chi connectivity index (χ0n) is 16.6. The van der Waals surface area contributed by atoms with Gasteiger partial charge in [-0.05, 0) is 57.0 Å². The molecule has 2 unspecified atom stereocenters. The molecule has 7 nitrogen and oxygen atoms in total. The number of piperidine rings is 1. The molecular formula is C21H26N2O5. The molecule has 7 heteroatoms. The third kappa shape index (κ3) is 4.45. The predicted octanol–water partition coefficient (Wildman–Crippen LogP) is 2.70. The summed E-state index contributed by atoms with van der Waals surface area (Å²) in [6.07, 6.45) is 0.484. The Kier molecular flexibility index (Phi) is 5.90. The molecule has 3 rings (SSSR count). The first-order chi connectivity index (χ1) is 13.3. The number of carbonyl (C=O) groups is 2. The van der Waals surface area contributed by atoms with E-state index in [0.29, 0.717) is 25.1 Å². The van der Waals surface area contributed by atoms with Crippen LogP contribution in [0.3, 0.4) is 0 Å². The van der Waals surface area contributed by atoms with Gasteiger partial charge in [0.1, 0.15) is 11.4 Å². The molecule has 0 saturated carbocycles. The molecule has 2 aliphatic rings. The number of benzene rings is 1. The lowest BCUT2D eigenvalue weighted by molar-refractivity contribution is -0.133. The first-order valence-corrected chi connectivity index (χ1v) is 9.54. The van der Waals surface area contributed by atoms with Crippen molar-refractivity contribution in [1.29, 1.82) is 5.26 Å². The molecule has 0 amide bonds. The molecule has 2 atom stereocenters. The van der Waals surface area contributed by atoms with Gasteiger partial charge >= 0.3 is 6.16 Å². The molecule has 0 bridgehead atoms. The summed E-state index contributed by atoms with van der Waals surface area (Å²) in [6.45, 7) is 5.99. The molecule has 1 saturated heterocycles. The Morgan fingerprint density at radius 2 is 2.21 bits per heavy atom. The summed E-state index contributed by atoms with van der Waals surface area (Å²) >= 11 is 0. The minimum atomic E-state index is -0.827. The van der Waals surface area contributed by atoms with Crippen LogP contribution in [0.25, 0.3) is 0 Å². The van der Waals surface area contributed by atoms with Crippen LogP contribution in [0, 0.1) is 17.2 Å². The van der Waals surface area contributed by atoms with E-state index in [-0.39, 0.29) is 17.3 Å². The quantitative estimate of drug-likeness (QED) is 0.735. The maximum absolute atomic E-state index is 12.0. The van der Waals surface area contributed by atoms with Gasteiger partial charge in [-0.15, -0.1) is 0 Å². The van der Waals surface area contributed by atoms with Crippen LogP contribution in [-0.2, 0) is 20.7 Å². The third-order valence-electron chi connectivity index (χ3n) is 5.67. The number of methoxy groups -OCH3 is 1. The van der Waals surface area contributed by atoms with E-state index in [9.17, 15) is 9.59 Å². The Morgan fingerprint density at radius 1 is 1.43 bits per heavy atom. The van der Waals surface area contributed by atoms with Crippen LogP contribution >= 0.6 is 0 Å². The summed E-state index contributed by atoms with van der Waals surface area (Å²) in [5.74, 6) is 1.04. The first-order valence-electron chi connectivity index (χ1n) is 9.54. The Hall–Kier alpha value is -2.59. The predicted molar refractivity (Wildman–Crippen MR) is 101 cm³/mol. The van der Waals surface area contributed by atoms with Gasteiger partial charge in [-0.1, -0.05) is 0 Å². The van der Waals surface area contributed by atoms with Crippen molar-refractivity contribution in [3.8, 4) is 11.8 Å². The summed E-state index contributed by atoms with van der Waals surface area (Å²) in [7, 11) is 1.23. The molecule has 1 aromatic rings. The molecule has 2 aliphatic heterocycles. The minimum Gasteiger partial charge on any atom is -0.487 e. The molecule has 0 spiro atoms. The second kappa shape index (κ2) is 8.19. The normalized spacial score (nSPS) is 23.9. The number of rotatable bonds is 4. The van der Waals surface area contributed by atoms with Crippen molar-refractivity contribution in [2.75, 3.05) is 26.7 Å². The van der Waals surface area contributed by atoms with Crippen molar-refractivity contribution in [2.24, 2.45) is 5.92 Å². The van der Waals surface area contributed by atoms with E-state index >= 15 is 0 Å². The fraction of sp³-hybridized carbons (Fsp3) is 0.571. The van der Waals surface area contributed by atoms with E-state index in [1.807, 2.05) is 12.1 Å². The maximum atomic E-state index is 12.0. The minimum absolute atomic E-state index is 0.0686. The number of nitrogens with zero attached hydrogens (tertiary/aromatic N) is 2. The number of nitriles is 1. The van der Waals surface area contributed by atoms with Crippen molar-refractivity contribution >= 4 is 11.9 Å². The topological polar surface area (TPSA) is 88.9 Å². The lowest BCUT2D eigenvalue weighted by atomic mass is 9.80. The van der Waals surface area contributed by atoms with Gasteiger partial charge in [-0.2, -0.15) is 5.26 Å². The molecule has 2 heterocycles. The lowest BCUT2D eigenvalue weighted by Gasteiger charge is -2.41. The second-order valence-electron chi connectivity index (χ2n) is 7.91. The SMILES string of the molecule is COC(=O)OC1CN(CCC2Cc3cc(C#N)ccc3OC2(C)C)CCC1=O. The largest absolute Gasteiger partial charge is 0.508 e. The van der Waals surface area contributed by atoms with Crippen molar-refractivity contribution in [3.05, 3.63) is 29.3 Å². The van der Waals surface area contributed by atoms with E-state index in [0.717, 1.165) is 30.7 Å². The second-order valence-corrected chi connectivity index (χ2v) is 7.91. The van der Waals surface area contributed by atoms with Gasteiger partial charge in [0.2, 0.25) is 0 Å². The van der Waals surface area contributed by atoms with Gasteiger partial charge in [0.15, 0.2) is 11.9 Å². The number of hydrogen-bond acceptors (Lipinski definition) is 7. The van der Waals surface area contributed by atoms with Crippen molar-refractivity contribution in [1.82, 2.24) is 4.90 Å². The fourth-order valence-corrected chi connectivity index (χ4v) is 3.90. The average molecular weight is 386 g/mol. The highest BCUT2D eigenvalue weighted by molar-refractivity contribution is 5.85. The lowest BCUT2D eigenvalue weighted by Crippen LogP contribution is -2.48. The maximum Gasteiger partial charge on any atom is 0.508 e. The highest BCUT2D eigenvalue weighted by Gasteiger charge is 2.38. The summed E-state index contributed by atoms with van der Waals surface area (Å²) in [5.41, 5.74) is 1.37. The summed E-state index contributed by atoms with van der Waals surface area (Å²) in [4.78, 5) is 25.5. The van der Waals surface area contributed by atoms with Gasteiger partial charge in [0.25, 0.3) is 0 Å². The fourth-order valence-electron chi connectivity index (χ4n) is 3.90. The van der Waals surface area contributed by atoms with Crippen LogP contribution in [0.15, 0.2) is 18.2 Å². The Balaban J connectivity index is 1.62. The van der Waals surface area contributed by atoms with Crippen molar-refractivity contribution in [3.63, 3.8) is 0 Å². The molecular weight excluding hydrogens is 360 g/mol. The molecule has 150 valence electrons. The highest BCUT2D eigenvalue weighted by Crippen LogP contribution is 2.39. The zero-order valence-corrected chi connectivity index (χ0v) is 16.6. The smallest absolute Gasteiger partial charge is 0.487 e. The van der Waals surface area contributed by atoms with E-state index < -0.39 is 12.3 Å². The van der Waals surface area contributed by atoms with Crippen LogP contribution in [-0.4, -0.2) is 55.3 Å². The number of hydrogen-bond donors (Lipinski definition) is 0. The summed E-state index contributed by atoms with van der Waals surface area (Å²) in [6, 6.07) is 7.73. The van der Waals surface area contributed by atoms with Gasteiger partial charge in [-0.25, -0.2) is 4.79 Å². The molecule has 28 heavy (non-hydrogen) atoms. The number of carbonyl (C=O) groups excluding carboxylic acids is 2. The molecule has 1 fully saturated rings. The molecule has 0 aromatic heterocycles. The van der Waals surface area contributed by atoms with Gasteiger partial charge in [0.05, 0.1) is 18.7 Å². The van der Waals surface area contributed by atoms with Gasteiger partial charge in [0, 0.05) is 25.4 Å². The molecule has 1 aromatic carbocycles. The summed E-state index contributed by atoms with van der Waals surface area (Å²) < 4.78 is 15.8. The third-order valence-corrected chi connectivity index (χ3v) is 5.67. The Labute approximate surface area is 165 Å². The number of likely N-dealkylation sites (tertiary alicyclic amines) is 1. The summed E-state index contributed by atoms with van der Waals surface area (Å²) in [5, 5.41) is 9.14. The van der Waals surface area contributed by atoms with Crippen LogP contribution in [0.2, 0.25) is 0 Å². The zero-order chi connectivity index (χ0) is 20.3. The molecule has 0 radical (unpaired) electrons. The number of Topliss-reactive ketones (excluding diaryl/α,β-unsaturated/α-hetero) is 1. The average Bonchev–Trinajstić information content (AvgIpc) is 2.67. The van der Waals surface area contributed by atoms with E-state index in [1.165, 1.54) is 7.11 Å². The van der Waals surface area contributed by atoms with Crippen LogP contribution < -0.4 is 4.74 Å². The van der Waals surface area contributed by atoms with Crippen molar-refractivity contribution < 1.29 is 23.8 Å². The van der Waals surface area contributed by atoms with Crippen LogP contribution in [0.5, 0.6) is 5.75 Å². The standard InChI is InChI=1S/C21H26N2O5/c1-21(2)16(11-15-10-14(12-22)4-5-18(15)28-21)6-8-23-9-7-17(24)19(13-23)27-20(25)26-3/h4-5,10,16,19H,6-9,11,13H2,1-3H3. The number of ether oxygens (including phenoxy) is 3. The van der Waals surface area contributed by atoms with Crippen LogP contribution in [0.4, 0.5) is 4.79 Å². The Bertz CT molecular complexity index is 798. The first kappa shape index (κ1) is 20.2. The number of ketones is 1. The van der Waals surface area contributed by atoms with Crippen LogP contribution in [0.1, 0.15) is 37.8 Å². The molecule has 0 aliphatic carbocycles. The highest BCUT2D eigenvalue weighted by atomic mass is 16.7. The van der Waals surface area contributed by atoms with Gasteiger partial charge < -0.3 is 14.2 Å². The van der Waals surface area contributed by atoms with E-state index in [2.05, 4.69) is 29.6 Å². The number of fused-ring (bicyclic) bond motifs is 1. The van der Waals surface area contributed by atoms with E-state index in [4.69, 9.17) is 14.7 Å².